The lowest BCUT2D eigenvalue weighted by atomic mass is 9.99. The van der Waals surface area contributed by atoms with E-state index in [2.05, 4.69) is 21.2 Å². The normalized spacial score (nSPS) is 14.3. The van der Waals surface area contributed by atoms with E-state index in [4.69, 9.17) is 0 Å². The Morgan fingerprint density at radius 1 is 1.47 bits per heavy atom. The van der Waals surface area contributed by atoms with E-state index in [1.807, 2.05) is 0 Å². The van der Waals surface area contributed by atoms with E-state index < -0.39 is 4.92 Å². The Morgan fingerprint density at radius 3 is 2.87 bits per heavy atom. The third-order valence-electron chi connectivity index (χ3n) is 2.32. The van der Waals surface area contributed by atoms with Gasteiger partial charge in [0.2, 0.25) is 0 Å². The van der Waals surface area contributed by atoms with Crippen molar-refractivity contribution >= 4 is 27.5 Å². The van der Waals surface area contributed by atoms with Crippen LogP contribution < -0.4 is 5.32 Å². The van der Waals surface area contributed by atoms with Crippen molar-refractivity contribution in [3.8, 4) is 0 Å². The van der Waals surface area contributed by atoms with Crippen LogP contribution in [0.15, 0.2) is 16.6 Å². The van der Waals surface area contributed by atoms with Crippen molar-refractivity contribution in [3.63, 3.8) is 0 Å². The highest BCUT2D eigenvalue weighted by Gasteiger charge is 2.27. The summed E-state index contributed by atoms with van der Waals surface area (Å²) in [6.45, 7) is 0.448. The number of carbonyl (C=O) groups is 1. The highest BCUT2D eigenvalue weighted by molar-refractivity contribution is 9.10. The number of nitrogens with one attached hydrogen (secondary N) is 1. The van der Waals surface area contributed by atoms with Gasteiger partial charge in [-0.05, 0) is 34.5 Å². The maximum absolute atomic E-state index is 11.4. The van der Waals surface area contributed by atoms with Gasteiger partial charge in [-0.15, -0.1) is 0 Å². The Balaban J connectivity index is 2.68. The van der Waals surface area contributed by atoms with Gasteiger partial charge < -0.3 is 5.32 Å². The van der Waals surface area contributed by atoms with Crippen LogP contribution in [-0.4, -0.2) is 17.4 Å². The number of nitro benzene ring substituents is 1. The molecule has 15 heavy (non-hydrogen) atoms. The van der Waals surface area contributed by atoms with Crippen LogP contribution in [0.25, 0.3) is 0 Å². The topological polar surface area (TPSA) is 72.2 Å². The van der Waals surface area contributed by atoms with Crippen LogP contribution in [0.3, 0.4) is 0 Å². The molecule has 1 heterocycles. The predicted octanol–water partition coefficient (Wildman–Crippen LogP) is 1.64. The maximum atomic E-state index is 11.4. The van der Waals surface area contributed by atoms with Gasteiger partial charge in [-0.1, -0.05) is 0 Å². The van der Waals surface area contributed by atoms with Crippen LogP contribution in [0.1, 0.15) is 15.9 Å². The van der Waals surface area contributed by atoms with Crippen LogP contribution in [0, 0.1) is 10.1 Å². The SMILES string of the molecule is O=C1NCCc2c1ccc(Br)c2[N+](=O)[O-]. The summed E-state index contributed by atoms with van der Waals surface area (Å²) in [4.78, 5) is 21.8. The summed E-state index contributed by atoms with van der Waals surface area (Å²) >= 11 is 3.12. The second-order valence-corrected chi connectivity index (χ2v) is 4.04. The number of amides is 1. The Kier molecular flexibility index (Phi) is 2.44. The molecular weight excluding hydrogens is 264 g/mol. The first-order valence-corrected chi connectivity index (χ1v) is 5.14. The summed E-state index contributed by atoms with van der Waals surface area (Å²) in [5, 5.41) is 13.5. The van der Waals surface area contributed by atoms with Gasteiger partial charge in [-0.25, -0.2) is 0 Å². The zero-order valence-corrected chi connectivity index (χ0v) is 9.20. The lowest BCUT2D eigenvalue weighted by molar-refractivity contribution is -0.386. The van der Waals surface area contributed by atoms with Crippen molar-refractivity contribution in [1.29, 1.82) is 0 Å². The molecule has 0 radical (unpaired) electrons. The third kappa shape index (κ3) is 1.61. The average molecular weight is 271 g/mol. The molecule has 5 nitrogen and oxygen atoms in total. The molecule has 6 heteroatoms. The summed E-state index contributed by atoms with van der Waals surface area (Å²) < 4.78 is 0.418. The smallest absolute Gasteiger partial charge is 0.287 e. The Morgan fingerprint density at radius 2 is 2.20 bits per heavy atom. The number of fused-ring (bicyclic) bond motifs is 1. The monoisotopic (exact) mass is 270 g/mol. The van der Waals surface area contributed by atoms with Crippen LogP contribution in [0.5, 0.6) is 0 Å². The van der Waals surface area contributed by atoms with E-state index in [0.717, 1.165) is 0 Å². The molecular formula is C9H7BrN2O3. The van der Waals surface area contributed by atoms with Crippen molar-refractivity contribution in [3.05, 3.63) is 37.8 Å². The molecule has 0 saturated carbocycles. The fraction of sp³-hybridized carbons (Fsp3) is 0.222. The van der Waals surface area contributed by atoms with Gasteiger partial charge >= 0.3 is 0 Å². The number of benzene rings is 1. The molecule has 0 unspecified atom stereocenters. The second kappa shape index (κ2) is 3.62. The number of nitro groups is 1. The summed E-state index contributed by atoms with van der Waals surface area (Å²) in [6.07, 6.45) is 0.497. The first-order chi connectivity index (χ1) is 7.11. The Hall–Kier alpha value is -1.43. The second-order valence-electron chi connectivity index (χ2n) is 3.19. The van der Waals surface area contributed by atoms with Crippen molar-refractivity contribution in [1.82, 2.24) is 5.32 Å². The lowest BCUT2D eigenvalue weighted by Gasteiger charge is -2.16. The van der Waals surface area contributed by atoms with Crippen LogP contribution >= 0.6 is 15.9 Å². The van der Waals surface area contributed by atoms with Gasteiger partial charge in [0.25, 0.3) is 11.6 Å². The Labute approximate surface area is 93.8 Å². The number of hydrogen-bond acceptors (Lipinski definition) is 3. The van der Waals surface area contributed by atoms with Crippen LogP contribution in [0.2, 0.25) is 0 Å². The minimum atomic E-state index is -0.457. The zero-order chi connectivity index (χ0) is 11.0. The molecule has 0 spiro atoms. The largest absolute Gasteiger partial charge is 0.352 e. The summed E-state index contributed by atoms with van der Waals surface area (Å²) in [7, 11) is 0. The molecule has 0 aliphatic carbocycles. The summed E-state index contributed by atoms with van der Waals surface area (Å²) in [5.74, 6) is -0.244. The fourth-order valence-corrected chi connectivity index (χ4v) is 2.18. The van der Waals surface area contributed by atoms with Crippen LogP contribution in [0.4, 0.5) is 5.69 Å². The molecule has 78 valence electrons. The summed E-state index contributed by atoms with van der Waals surface area (Å²) in [5.41, 5.74) is 0.914. The van der Waals surface area contributed by atoms with E-state index in [9.17, 15) is 14.9 Å². The van der Waals surface area contributed by atoms with Crippen molar-refractivity contribution < 1.29 is 9.72 Å². The van der Waals surface area contributed by atoms with Gasteiger partial charge in [0, 0.05) is 17.7 Å². The fourth-order valence-electron chi connectivity index (χ4n) is 1.67. The quantitative estimate of drug-likeness (QED) is 0.623. The zero-order valence-electron chi connectivity index (χ0n) is 7.62. The third-order valence-corrected chi connectivity index (χ3v) is 2.96. The minimum Gasteiger partial charge on any atom is -0.352 e. The van der Waals surface area contributed by atoms with Gasteiger partial charge in [0.15, 0.2) is 0 Å². The number of rotatable bonds is 1. The van der Waals surface area contributed by atoms with Crippen LogP contribution in [-0.2, 0) is 6.42 Å². The number of carbonyl (C=O) groups excluding carboxylic acids is 1. The van der Waals surface area contributed by atoms with Gasteiger partial charge in [-0.2, -0.15) is 0 Å². The summed E-state index contributed by atoms with van der Waals surface area (Å²) in [6, 6.07) is 3.13. The molecule has 1 N–H and O–H groups in total. The number of halogens is 1. The minimum absolute atomic E-state index is 0.00218. The highest BCUT2D eigenvalue weighted by Crippen LogP contribution is 2.32. The van der Waals surface area contributed by atoms with Crippen molar-refractivity contribution in [2.45, 2.75) is 6.42 Å². The molecule has 1 amide bonds. The standard InChI is InChI=1S/C9H7BrN2O3/c10-7-2-1-6-5(8(7)12(14)15)3-4-11-9(6)13/h1-2H,3-4H2,(H,11,13). The number of hydrogen-bond donors (Lipinski definition) is 1. The van der Waals surface area contributed by atoms with Crippen molar-refractivity contribution in [2.75, 3.05) is 6.54 Å². The molecule has 1 aliphatic rings. The lowest BCUT2D eigenvalue weighted by Crippen LogP contribution is -2.32. The average Bonchev–Trinajstić information content (AvgIpc) is 2.17. The van der Waals surface area contributed by atoms with E-state index in [1.54, 1.807) is 6.07 Å². The Bertz CT molecular complexity index is 459. The van der Waals surface area contributed by atoms with E-state index in [0.29, 0.717) is 28.6 Å². The highest BCUT2D eigenvalue weighted by atomic mass is 79.9. The predicted molar refractivity (Wildman–Crippen MR) is 56.8 cm³/mol. The molecule has 1 aromatic rings. The van der Waals surface area contributed by atoms with Crippen molar-refractivity contribution in [2.24, 2.45) is 0 Å². The molecule has 0 atom stereocenters. The van der Waals surface area contributed by atoms with Gasteiger partial charge in [0.05, 0.1) is 9.40 Å². The molecule has 0 saturated heterocycles. The molecule has 1 aliphatic heterocycles. The number of nitrogens with zero attached hydrogens (tertiary/aromatic N) is 1. The van der Waals surface area contributed by atoms with E-state index in [-0.39, 0.29) is 11.6 Å². The maximum Gasteiger partial charge on any atom is 0.287 e. The molecule has 1 aromatic carbocycles. The van der Waals surface area contributed by atoms with E-state index in [1.165, 1.54) is 6.07 Å². The molecule has 0 bridgehead atoms. The van der Waals surface area contributed by atoms with Gasteiger partial charge in [-0.3, -0.25) is 14.9 Å². The van der Waals surface area contributed by atoms with Gasteiger partial charge in [0.1, 0.15) is 0 Å². The van der Waals surface area contributed by atoms with E-state index >= 15 is 0 Å². The molecule has 2 rings (SSSR count). The molecule has 0 aromatic heterocycles. The first-order valence-electron chi connectivity index (χ1n) is 4.35. The first kappa shape index (κ1) is 10.1. The molecule has 0 fully saturated rings.